The molecule has 1 saturated heterocycles. The van der Waals surface area contributed by atoms with Crippen molar-refractivity contribution in [3.63, 3.8) is 0 Å². The Kier molecular flexibility index (Phi) is 5.55. The predicted molar refractivity (Wildman–Crippen MR) is 96.8 cm³/mol. The molecule has 2 fully saturated rings. The lowest BCUT2D eigenvalue weighted by atomic mass is 10.1. The number of nitrogens with zero attached hydrogens (tertiary/aromatic N) is 2. The molecule has 1 aromatic carbocycles. The Balaban J connectivity index is 1.34. The van der Waals surface area contributed by atoms with Crippen molar-refractivity contribution in [2.75, 3.05) is 33.2 Å². The standard InChI is InChI=1S/C19H30N4/c1-15-12-18(15)22-19(20-2)21-13-17-9-11-23(14-17)10-8-16-6-4-3-5-7-16/h3-7,15,17-18H,8-14H2,1-2H3,(H2,20,21,22). The summed E-state index contributed by atoms with van der Waals surface area (Å²) in [4.78, 5) is 6.94. The van der Waals surface area contributed by atoms with E-state index in [1.807, 2.05) is 7.05 Å². The topological polar surface area (TPSA) is 39.7 Å². The minimum Gasteiger partial charge on any atom is -0.356 e. The summed E-state index contributed by atoms with van der Waals surface area (Å²) in [7, 11) is 1.86. The van der Waals surface area contributed by atoms with Gasteiger partial charge >= 0.3 is 0 Å². The lowest BCUT2D eigenvalue weighted by Gasteiger charge is -2.17. The average molecular weight is 314 g/mol. The number of hydrogen-bond donors (Lipinski definition) is 2. The Morgan fingerprint density at radius 2 is 2.09 bits per heavy atom. The van der Waals surface area contributed by atoms with Crippen LogP contribution in [0, 0.1) is 11.8 Å². The second-order valence-electron chi connectivity index (χ2n) is 7.11. The molecule has 1 heterocycles. The monoisotopic (exact) mass is 314 g/mol. The fourth-order valence-electron chi connectivity index (χ4n) is 3.35. The van der Waals surface area contributed by atoms with Gasteiger partial charge in [0.05, 0.1) is 0 Å². The Bertz CT molecular complexity index is 513. The number of nitrogens with one attached hydrogen (secondary N) is 2. The molecule has 1 saturated carbocycles. The zero-order chi connectivity index (χ0) is 16.1. The van der Waals surface area contributed by atoms with Crippen molar-refractivity contribution in [2.24, 2.45) is 16.8 Å². The van der Waals surface area contributed by atoms with Crippen molar-refractivity contribution < 1.29 is 0 Å². The molecule has 0 spiro atoms. The van der Waals surface area contributed by atoms with Gasteiger partial charge in [-0.3, -0.25) is 4.99 Å². The zero-order valence-corrected chi connectivity index (χ0v) is 14.5. The Morgan fingerprint density at radius 1 is 1.30 bits per heavy atom. The Hall–Kier alpha value is -1.55. The summed E-state index contributed by atoms with van der Waals surface area (Å²) in [5.41, 5.74) is 1.44. The number of hydrogen-bond acceptors (Lipinski definition) is 2. The smallest absolute Gasteiger partial charge is 0.191 e. The van der Waals surface area contributed by atoms with Crippen molar-refractivity contribution in [1.82, 2.24) is 15.5 Å². The summed E-state index contributed by atoms with van der Waals surface area (Å²) in [6, 6.07) is 11.4. The normalized spacial score (nSPS) is 27.9. The van der Waals surface area contributed by atoms with Gasteiger partial charge in [0.1, 0.15) is 0 Å². The van der Waals surface area contributed by atoms with Crippen LogP contribution in [0.15, 0.2) is 35.3 Å². The van der Waals surface area contributed by atoms with E-state index in [0.29, 0.717) is 6.04 Å². The lowest BCUT2D eigenvalue weighted by molar-refractivity contribution is 0.328. The van der Waals surface area contributed by atoms with E-state index < -0.39 is 0 Å². The fourth-order valence-corrected chi connectivity index (χ4v) is 3.35. The number of guanidine groups is 1. The highest BCUT2D eigenvalue weighted by Crippen LogP contribution is 2.28. The minimum absolute atomic E-state index is 0.632. The van der Waals surface area contributed by atoms with Gasteiger partial charge in [0.25, 0.3) is 0 Å². The second-order valence-corrected chi connectivity index (χ2v) is 7.11. The molecule has 3 rings (SSSR count). The second kappa shape index (κ2) is 7.82. The van der Waals surface area contributed by atoms with Crippen LogP contribution in [0.4, 0.5) is 0 Å². The Morgan fingerprint density at radius 3 is 2.78 bits per heavy atom. The quantitative estimate of drug-likeness (QED) is 0.624. The SMILES string of the molecule is CN=C(NCC1CCN(CCc2ccccc2)C1)NC1CC1C. The minimum atomic E-state index is 0.632. The first-order valence-electron chi connectivity index (χ1n) is 8.98. The van der Waals surface area contributed by atoms with Crippen molar-refractivity contribution in [2.45, 2.75) is 32.2 Å². The third kappa shape index (κ3) is 4.96. The molecule has 0 bridgehead atoms. The molecule has 4 nitrogen and oxygen atoms in total. The maximum atomic E-state index is 4.34. The van der Waals surface area contributed by atoms with Gasteiger partial charge in [-0.15, -0.1) is 0 Å². The summed E-state index contributed by atoms with van der Waals surface area (Å²) in [5.74, 6) is 2.51. The van der Waals surface area contributed by atoms with Crippen LogP contribution in [0.3, 0.4) is 0 Å². The molecular formula is C19H30N4. The summed E-state index contributed by atoms with van der Waals surface area (Å²) in [6.45, 7) is 6.92. The molecule has 23 heavy (non-hydrogen) atoms. The first-order valence-corrected chi connectivity index (χ1v) is 8.98. The Labute approximate surface area is 140 Å². The number of rotatable bonds is 6. The first-order chi connectivity index (χ1) is 11.2. The highest BCUT2D eigenvalue weighted by Gasteiger charge is 2.33. The van der Waals surface area contributed by atoms with E-state index in [-0.39, 0.29) is 0 Å². The van der Waals surface area contributed by atoms with Crippen LogP contribution in [0.1, 0.15) is 25.3 Å². The van der Waals surface area contributed by atoms with Gasteiger partial charge in [-0.25, -0.2) is 0 Å². The van der Waals surface area contributed by atoms with Gasteiger partial charge in [0.15, 0.2) is 5.96 Å². The van der Waals surface area contributed by atoms with Crippen LogP contribution in [0.25, 0.3) is 0 Å². The third-order valence-corrected chi connectivity index (χ3v) is 5.14. The van der Waals surface area contributed by atoms with Crippen LogP contribution >= 0.6 is 0 Å². The van der Waals surface area contributed by atoms with E-state index in [4.69, 9.17) is 0 Å². The summed E-state index contributed by atoms with van der Waals surface area (Å²) in [5, 5.41) is 7.01. The van der Waals surface area contributed by atoms with E-state index in [2.05, 4.69) is 57.8 Å². The van der Waals surface area contributed by atoms with E-state index in [0.717, 1.165) is 30.8 Å². The average Bonchev–Trinajstić information content (AvgIpc) is 3.09. The highest BCUT2D eigenvalue weighted by atomic mass is 15.2. The summed E-state index contributed by atoms with van der Waals surface area (Å²) in [6.07, 6.45) is 3.72. The van der Waals surface area contributed by atoms with Gasteiger partial charge in [0, 0.05) is 32.7 Å². The molecule has 3 unspecified atom stereocenters. The fraction of sp³-hybridized carbons (Fsp3) is 0.632. The van der Waals surface area contributed by atoms with Gasteiger partial charge in [-0.1, -0.05) is 37.3 Å². The molecule has 4 heteroatoms. The third-order valence-electron chi connectivity index (χ3n) is 5.14. The molecule has 2 aliphatic rings. The van der Waals surface area contributed by atoms with Crippen molar-refractivity contribution in [3.8, 4) is 0 Å². The molecule has 126 valence electrons. The summed E-state index contributed by atoms with van der Waals surface area (Å²) < 4.78 is 0. The van der Waals surface area contributed by atoms with Gasteiger partial charge < -0.3 is 15.5 Å². The van der Waals surface area contributed by atoms with E-state index in [1.165, 1.54) is 38.0 Å². The molecular weight excluding hydrogens is 284 g/mol. The number of likely N-dealkylation sites (tertiary alicyclic amines) is 1. The van der Waals surface area contributed by atoms with Crippen molar-refractivity contribution in [1.29, 1.82) is 0 Å². The molecule has 0 aromatic heterocycles. The highest BCUT2D eigenvalue weighted by molar-refractivity contribution is 5.80. The number of aliphatic imine (C=N–C) groups is 1. The largest absolute Gasteiger partial charge is 0.356 e. The first kappa shape index (κ1) is 16.3. The molecule has 3 atom stereocenters. The van der Waals surface area contributed by atoms with Gasteiger partial charge in [0.2, 0.25) is 0 Å². The van der Waals surface area contributed by atoms with Crippen LogP contribution in [0.5, 0.6) is 0 Å². The maximum absolute atomic E-state index is 4.34. The maximum Gasteiger partial charge on any atom is 0.191 e. The predicted octanol–water partition coefficient (Wildman–Crippen LogP) is 2.12. The zero-order valence-electron chi connectivity index (χ0n) is 14.5. The van der Waals surface area contributed by atoms with Crippen LogP contribution in [-0.4, -0.2) is 50.1 Å². The van der Waals surface area contributed by atoms with Crippen LogP contribution in [0.2, 0.25) is 0 Å². The molecule has 1 aliphatic carbocycles. The van der Waals surface area contributed by atoms with Crippen LogP contribution < -0.4 is 10.6 Å². The van der Waals surface area contributed by atoms with Gasteiger partial charge in [-0.2, -0.15) is 0 Å². The number of benzene rings is 1. The molecule has 0 radical (unpaired) electrons. The van der Waals surface area contributed by atoms with Crippen LogP contribution in [-0.2, 0) is 6.42 Å². The molecule has 0 amide bonds. The van der Waals surface area contributed by atoms with Crippen molar-refractivity contribution >= 4 is 5.96 Å². The van der Waals surface area contributed by atoms with E-state index >= 15 is 0 Å². The molecule has 1 aromatic rings. The molecule has 1 aliphatic heterocycles. The summed E-state index contributed by atoms with van der Waals surface area (Å²) >= 11 is 0. The molecule has 2 N–H and O–H groups in total. The van der Waals surface area contributed by atoms with E-state index in [9.17, 15) is 0 Å². The van der Waals surface area contributed by atoms with E-state index in [1.54, 1.807) is 0 Å². The lowest BCUT2D eigenvalue weighted by Crippen LogP contribution is -2.41. The van der Waals surface area contributed by atoms with Gasteiger partial charge in [-0.05, 0) is 43.2 Å². The van der Waals surface area contributed by atoms with Crippen molar-refractivity contribution in [3.05, 3.63) is 35.9 Å².